The van der Waals surface area contributed by atoms with Crippen LogP contribution in [-0.2, 0) is 13.0 Å². The second-order valence-electron chi connectivity index (χ2n) is 6.30. The van der Waals surface area contributed by atoms with Gasteiger partial charge in [-0.15, -0.1) is 0 Å². The van der Waals surface area contributed by atoms with Crippen LogP contribution in [0.25, 0.3) is 11.1 Å². The molecule has 3 rings (SSSR count). The average Bonchev–Trinajstić information content (AvgIpc) is 3.21. The van der Waals surface area contributed by atoms with Crippen molar-refractivity contribution in [2.75, 3.05) is 5.32 Å². The number of nitrogens with zero attached hydrogens (tertiary/aromatic N) is 2. The molecular formula is C21H23N5O. The summed E-state index contributed by atoms with van der Waals surface area (Å²) in [5.41, 5.74) is 4.92. The van der Waals surface area contributed by atoms with Gasteiger partial charge in [0, 0.05) is 17.4 Å². The Morgan fingerprint density at radius 1 is 1.22 bits per heavy atom. The summed E-state index contributed by atoms with van der Waals surface area (Å²) in [7, 11) is 0. The molecule has 1 heterocycles. The minimum Gasteiger partial charge on any atom is -0.307 e. The molecule has 6 nitrogen and oxygen atoms in total. The van der Waals surface area contributed by atoms with E-state index in [-0.39, 0.29) is 11.9 Å². The van der Waals surface area contributed by atoms with E-state index in [2.05, 4.69) is 22.4 Å². The van der Waals surface area contributed by atoms with Gasteiger partial charge < -0.3 is 5.32 Å². The zero-order valence-electron chi connectivity index (χ0n) is 15.5. The molecule has 0 fully saturated rings. The first kappa shape index (κ1) is 18.4. The molecule has 0 aliphatic heterocycles. The molecule has 0 atom stereocenters. The summed E-state index contributed by atoms with van der Waals surface area (Å²) in [4.78, 5) is 14.2. The van der Waals surface area contributed by atoms with Crippen LogP contribution in [0.4, 0.5) is 10.5 Å². The smallest absolute Gasteiger partial charge is 0.307 e. The summed E-state index contributed by atoms with van der Waals surface area (Å²) < 4.78 is 0. The highest BCUT2D eigenvalue weighted by atomic mass is 16.2. The molecule has 2 amide bonds. The maximum absolute atomic E-state index is 12.7. The summed E-state index contributed by atoms with van der Waals surface area (Å²) in [6.07, 6.45) is 4.47. The molecular weight excluding hydrogens is 338 g/mol. The van der Waals surface area contributed by atoms with Crippen LogP contribution in [0.1, 0.15) is 25.0 Å². The van der Waals surface area contributed by atoms with Crippen LogP contribution in [0.2, 0.25) is 0 Å². The van der Waals surface area contributed by atoms with Crippen molar-refractivity contribution in [1.82, 2.24) is 15.1 Å². The van der Waals surface area contributed by atoms with Crippen molar-refractivity contribution in [1.29, 1.82) is 5.41 Å². The summed E-state index contributed by atoms with van der Waals surface area (Å²) in [6, 6.07) is 15.2. The number of carbonyl (C=O) groups is 1. The number of hydrogen-bond acceptors (Lipinski definition) is 3. The van der Waals surface area contributed by atoms with E-state index in [0.29, 0.717) is 12.2 Å². The molecule has 0 unspecified atom stereocenters. The highest BCUT2D eigenvalue weighted by molar-refractivity contribution is 6.01. The quantitative estimate of drug-likeness (QED) is 0.456. The maximum Gasteiger partial charge on any atom is 0.327 e. The molecule has 0 bridgehead atoms. The van der Waals surface area contributed by atoms with Crippen LogP contribution in [0.5, 0.6) is 0 Å². The third-order valence-corrected chi connectivity index (χ3v) is 4.38. The fourth-order valence-corrected chi connectivity index (χ4v) is 2.94. The average molecular weight is 361 g/mol. The number of carbonyl (C=O) groups excluding carboxylic acids is 1. The third kappa shape index (κ3) is 4.41. The van der Waals surface area contributed by atoms with Crippen LogP contribution >= 0.6 is 0 Å². The Kier molecular flexibility index (Phi) is 5.66. The molecule has 0 radical (unpaired) electrons. The number of H-pyrrole nitrogens is 1. The van der Waals surface area contributed by atoms with Crippen LogP contribution < -0.4 is 5.32 Å². The van der Waals surface area contributed by atoms with Gasteiger partial charge in [-0.2, -0.15) is 5.10 Å². The van der Waals surface area contributed by atoms with Crippen LogP contribution in [0.3, 0.4) is 0 Å². The second-order valence-corrected chi connectivity index (χ2v) is 6.30. The number of amides is 2. The van der Waals surface area contributed by atoms with E-state index >= 15 is 0 Å². The molecule has 1 aromatic heterocycles. The lowest BCUT2D eigenvalue weighted by Crippen LogP contribution is -2.37. The van der Waals surface area contributed by atoms with Gasteiger partial charge in [0.25, 0.3) is 0 Å². The van der Waals surface area contributed by atoms with Gasteiger partial charge in [-0.25, -0.2) is 4.79 Å². The lowest BCUT2D eigenvalue weighted by molar-refractivity contribution is 0.232. The number of anilines is 1. The molecule has 138 valence electrons. The molecule has 0 aliphatic rings. The van der Waals surface area contributed by atoms with Gasteiger partial charge in [0.05, 0.1) is 12.7 Å². The first-order chi connectivity index (χ1) is 13.1. The molecule has 0 spiro atoms. The monoisotopic (exact) mass is 361 g/mol. The summed E-state index contributed by atoms with van der Waals surface area (Å²) in [6.45, 7) is 4.05. The van der Waals surface area contributed by atoms with Crippen molar-refractivity contribution in [3.8, 4) is 11.1 Å². The van der Waals surface area contributed by atoms with E-state index in [1.54, 1.807) is 13.1 Å². The molecule has 2 aromatic carbocycles. The number of rotatable bonds is 5. The number of benzene rings is 2. The SMILES string of the molecule is CCc1cc(NC(=O)N(Cc2ccccc2)C(C)=N)ccc1-c1cn[nH]c1. The van der Waals surface area contributed by atoms with Crippen molar-refractivity contribution < 1.29 is 4.79 Å². The van der Waals surface area contributed by atoms with E-state index in [1.807, 2.05) is 54.7 Å². The summed E-state index contributed by atoms with van der Waals surface area (Å²) in [5.74, 6) is 0.196. The Balaban J connectivity index is 1.78. The first-order valence-corrected chi connectivity index (χ1v) is 8.88. The lowest BCUT2D eigenvalue weighted by atomic mass is 10.00. The Morgan fingerprint density at radius 3 is 2.63 bits per heavy atom. The Morgan fingerprint density at radius 2 is 2.00 bits per heavy atom. The number of amidine groups is 1. The van der Waals surface area contributed by atoms with Gasteiger partial charge in [0.1, 0.15) is 5.84 Å². The molecule has 27 heavy (non-hydrogen) atoms. The molecule has 3 N–H and O–H groups in total. The molecule has 3 aromatic rings. The summed E-state index contributed by atoms with van der Waals surface area (Å²) in [5, 5.41) is 17.7. The van der Waals surface area contributed by atoms with Gasteiger partial charge in [0.15, 0.2) is 0 Å². The highest BCUT2D eigenvalue weighted by Crippen LogP contribution is 2.26. The lowest BCUT2D eigenvalue weighted by Gasteiger charge is -2.22. The predicted molar refractivity (Wildman–Crippen MR) is 108 cm³/mol. The second kappa shape index (κ2) is 8.31. The van der Waals surface area contributed by atoms with E-state index in [0.717, 1.165) is 28.7 Å². The van der Waals surface area contributed by atoms with Crippen molar-refractivity contribution in [2.24, 2.45) is 0 Å². The number of aryl methyl sites for hydroxylation is 1. The Bertz CT molecular complexity index is 919. The van der Waals surface area contributed by atoms with Gasteiger partial charge >= 0.3 is 6.03 Å². The van der Waals surface area contributed by atoms with Gasteiger partial charge in [-0.05, 0) is 42.2 Å². The molecule has 6 heteroatoms. The van der Waals surface area contributed by atoms with E-state index in [9.17, 15) is 4.79 Å². The topological polar surface area (TPSA) is 84.9 Å². The summed E-state index contributed by atoms with van der Waals surface area (Å²) >= 11 is 0. The van der Waals surface area contributed by atoms with E-state index in [4.69, 9.17) is 5.41 Å². The minimum atomic E-state index is -0.315. The van der Waals surface area contributed by atoms with E-state index < -0.39 is 0 Å². The van der Waals surface area contributed by atoms with Crippen LogP contribution in [0.15, 0.2) is 60.9 Å². The number of urea groups is 1. The number of nitrogens with one attached hydrogen (secondary N) is 3. The number of aromatic amines is 1. The van der Waals surface area contributed by atoms with Gasteiger partial charge in [-0.1, -0.05) is 43.3 Å². The standard InChI is InChI=1S/C21H23N5O/c1-3-17-11-19(9-10-20(17)18-12-23-24-13-18)25-21(27)26(15(2)22)14-16-7-5-4-6-8-16/h4-13,22H,3,14H2,1-2H3,(H,23,24)(H,25,27). The fraction of sp³-hybridized carbons (Fsp3) is 0.190. The number of hydrogen-bond donors (Lipinski definition) is 3. The zero-order chi connectivity index (χ0) is 19.2. The normalized spacial score (nSPS) is 10.4. The van der Waals surface area contributed by atoms with Crippen molar-refractivity contribution in [3.05, 3.63) is 72.1 Å². The fourth-order valence-electron chi connectivity index (χ4n) is 2.94. The van der Waals surface area contributed by atoms with Gasteiger partial charge in [-0.3, -0.25) is 15.4 Å². The van der Waals surface area contributed by atoms with Crippen LogP contribution in [-0.4, -0.2) is 27.0 Å². The van der Waals surface area contributed by atoms with Crippen molar-refractivity contribution in [2.45, 2.75) is 26.8 Å². The third-order valence-electron chi connectivity index (χ3n) is 4.38. The zero-order valence-corrected chi connectivity index (χ0v) is 15.5. The molecule has 0 aliphatic carbocycles. The minimum absolute atomic E-state index is 0.196. The Hall–Kier alpha value is -3.41. The van der Waals surface area contributed by atoms with Gasteiger partial charge in [0.2, 0.25) is 0 Å². The highest BCUT2D eigenvalue weighted by Gasteiger charge is 2.17. The predicted octanol–water partition coefficient (Wildman–Crippen LogP) is 4.67. The van der Waals surface area contributed by atoms with Crippen LogP contribution in [0, 0.1) is 5.41 Å². The van der Waals surface area contributed by atoms with E-state index in [1.165, 1.54) is 4.90 Å². The molecule has 0 saturated carbocycles. The van der Waals surface area contributed by atoms with Crippen molar-refractivity contribution >= 4 is 17.6 Å². The number of aromatic nitrogens is 2. The first-order valence-electron chi connectivity index (χ1n) is 8.88. The maximum atomic E-state index is 12.7. The largest absolute Gasteiger partial charge is 0.327 e. The Labute approximate surface area is 158 Å². The van der Waals surface area contributed by atoms with Crippen molar-refractivity contribution in [3.63, 3.8) is 0 Å². The molecule has 0 saturated heterocycles.